The van der Waals surface area contributed by atoms with Crippen LogP contribution in [0.1, 0.15) is 41.9 Å². The van der Waals surface area contributed by atoms with E-state index in [0.717, 1.165) is 51.2 Å². The Labute approximate surface area is 189 Å². The lowest BCUT2D eigenvalue weighted by atomic mass is 10.2. The lowest BCUT2D eigenvalue weighted by Crippen LogP contribution is -2.11. The van der Waals surface area contributed by atoms with Crippen molar-refractivity contribution in [1.82, 2.24) is 15.0 Å². The van der Waals surface area contributed by atoms with Crippen molar-refractivity contribution < 1.29 is 19.0 Å². The number of benzene rings is 1. The normalized spacial score (nSPS) is 10.7. The predicted octanol–water partition coefficient (Wildman–Crippen LogP) is 2.67. The Morgan fingerprint density at radius 3 is 2.19 bits per heavy atom. The van der Waals surface area contributed by atoms with Crippen LogP contribution in [-0.2, 0) is 14.2 Å². The minimum Gasteiger partial charge on any atom is -0.465 e. The lowest BCUT2D eigenvalue weighted by molar-refractivity contribution is 0.0600. The van der Waals surface area contributed by atoms with E-state index in [-0.39, 0.29) is 5.97 Å². The summed E-state index contributed by atoms with van der Waals surface area (Å²) in [6.45, 7) is 6.07. The van der Waals surface area contributed by atoms with Gasteiger partial charge in [0.25, 0.3) is 0 Å². The van der Waals surface area contributed by atoms with Gasteiger partial charge in [-0.15, -0.1) is 0 Å². The van der Waals surface area contributed by atoms with Gasteiger partial charge in [-0.3, -0.25) is 0 Å². The maximum Gasteiger partial charge on any atom is 0.337 e. The number of nitrogens with zero attached hydrogens (tertiary/aromatic N) is 3. The number of carbonyl (C=O) groups is 1. The first-order valence-corrected chi connectivity index (χ1v) is 10.9. The van der Waals surface area contributed by atoms with Crippen LogP contribution in [0.5, 0.6) is 0 Å². The van der Waals surface area contributed by atoms with Crippen LogP contribution in [0.25, 0.3) is 0 Å². The fourth-order valence-electron chi connectivity index (χ4n) is 2.73. The van der Waals surface area contributed by atoms with Gasteiger partial charge in [0.05, 0.1) is 12.7 Å². The maximum atomic E-state index is 11.5. The van der Waals surface area contributed by atoms with Crippen molar-refractivity contribution in [1.29, 1.82) is 0 Å². The molecule has 10 heteroatoms. The molecular formula is C22H34N6O4. The van der Waals surface area contributed by atoms with Crippen LogP contribution in [0.2, 0.25) is 0 Å². The van der Waals surface area contributed by atoms with Gasteiger partial charge in [0.2, 0.25) is 11.9 Å². The summed E-state index contributed by atoms with van der Waals surface area (Å²) in [5.74, 6) is 1.15. The molecule has 0 radical (unpaired) electrons. The van der Waals surface area contributed by atoms with Gasteiger partial charge in [-0.1, -0.05) is 0 Å². The molecule has 0 fully saturated rings. The van der Waals surface area contributed by atoms with Crippen LogP contribution in [0.15, 0.2) is 24.3 Å². The van der Waals surface area contributed by atoms with Crippen molar-refractivity contribution in [3.05, 3.63) is 35.7 Å². The standard InChI is InChI=1S/C22H34N6O4/c1-17-25-21(24-12-6-16-32-14-4-3-13-31-15-5-11-23)28-22(26-17)27-19-9-7-18(8-10-19)20(29)30-2/h7-10H,3-6,11-16,23H2,1-2H3,(H2,24,25,26,27,28). The number of aromatic nitrogens is 3. The molecule has 0 aliphatic rings. The van der Waals surface area contributed by atoms with Gasteiger partial charge < -0.3 is 30.6 Å². The van der Waals surface area contributed by atoms with Crippen LogP contribution in [-0.4, -0.2) is 67.5 Å². The summed E-state index contributed by atoms with van der Waals surface area (Å²) in [5, 5.41) is 6.32. The molecule has 176 valence electrons. The van der Waals surface area contributed by atoms with E-state index in [1.807, 2.05) is 0 Å². The van der Waals surface area contributed by atoms with Crippen molar-refractivity contribution in [2.75, 3.05) is 57.3 Å². The van der Waals surface area contributed by atoms with Gasteiger partial charge in [0.1, 0.15) is 5.82 Å². The van der Waals surface area contributed by atoms with Crippen LogP contribution in [0.3, 0.4) is 0 Å². The highest BCUT2D eigenvalue weighted by molar-refractivity contribution is 5.89. The minimum absolute atomic E-state index is 0.379. The highest BCUT2D eigenvalue weighted by Crippen LogP contribution is 2.15. The van der Waals surface area contributed by atoms with Gasteiger partial charge in [-0.05, 0) is 63.4 Å². The van der Waals surface area contributed by atoms with Crippen molar-refractivity contribution in [3.8, 4) is 0 Å². The quantitative estimate of drug-likeness (QED) is 0.261. The molecule has 1 aromatic heterocycles. The molecule has 0 saturated heterocycles. The topological polar surface area (TPSA) is 134 Å². The van der Waals surface area contributed by atoms with E-state index in [4.69, 9.17) is 19.9 Å². The number of aryl methyl sites for hydroxylation is 1. The molecule has 2 rings (SSSR count). The zero-order valence-corrected chi connectivity index (χ0v) is 18.9. The zero-order valence-electron chi connectivity index (χ0n) is 18.9. The minimum atomic E-state index is -0.379. The summed E-state index contributed by atoms with van der Waals surface area (Å²) >= 11 is 0. The van der Waals surface area contributed by atoms with Crippen molar-refractivity contribution in [2.24, 2.45) is 5.73 Å². The Morgan fingerprint density at radius 1 is 0.906 bits per heavy atom. The second-order valence-electron chi connectivity index (χ2n) is 7.08. The van der Waals surface area contributed by atoms with E-state index in [1.165, 1.54) is 7.11 Å². The van der Waals surface area contributed by atoms with Crippen LogP contribution in [0, 0.1) is 6.92 Å². The Kier molecular flexibility index (Phi) is 12.0. The highest BCUT2D eigenvalue weighted by Gasteiger charge is 2.07. The molecule has 0 aliphatic carbocycles. The van der Waals surface area contributed by atoms with Crippen molar-refractivity contribution in [2.45, 2.75) is 32.6 Å². The largest absolute Gasteiger partial charge is 0.465 e. The van der Waals surface area contributed by atoms with Gasteiger partial charge in [0, 0.05) is 38.7 Å². The van der Waals surface area contributed by atoms with Crippen LogP contribution in [0.4, 0.5) is 17.6 Å². The maximum absolute atomic E-state index is 11.5. The summed E-state index contributed by atoms with van der Waals surface area (Å²) in [6.07, 6.45) is 3.73. The molecular weight excluding hydrogens is 412 g/mol. The number of unbranched alkanes of at least 4 members (excludes halogenated alkanes) is 1. The van der Waals surface area contributed by atoms with Crippen LogP contribution < -0.4 is 16.4 Å². The van der Waals surface area contributed by atoms with E-state index in [1.54, 1.807) is 31.2 Å². The van der Waals surface area contributed by atoms with Gasteiger partial charge in [-0.25, -0.2) is 4.79 Å². The molecule has 10 nitrogen and oxygen atoms in total. The highest BCUT2D eigenvalue weighted by atomic mass is 16.5. The molecule has 2 aromatic rings. The molecule has 1 aromatic carbocycles. The number of rotatable bonds is 16. The summed E-state index contributed by atoms with van der Waals surface area (Å²) in [5.41, 5.74) is 6.65. The number of nitrogens with one attached hydrogen (secondary N) is 2. The first kappa shape index (κ1) is 25.4. The third-order valence-corrected chi connectivity index (χ3v) is 4.38. The van der Waals surface area contributed by atoms with Gasteiger partial charge in [0.15, 0.2) is 0 Å². The summed E-state index contributed by atoms with van der Waals surface area (Å²) in [7, 11) is 1.35. The van der Waals surface area contributed by atoms with E-state index >= 15 is 0 Å². The Hall–Kier alpha value is -2.82. The smallest absolute Gasteiger partial charge is 0.337 e. The molecule has 4 N–H and O–H groups in total. The summed E-state index contributed by atoms with van der Waals surface area (Å²) in [6, 6.07) is 6.89. The van der Waals surface area contributed by atoms with Gasteiger partial charge in [-0.2, -0.15) is 15.0 Å². The van der Waals surface area contributed by atoms with E-state index in [9.17, 15) is 4.79 Å². The molecule has 0 saturated carbocycles. The third-order valence-electron chi connectivity index (χ3n) is 4.38. The third kappa shape index (κ3) is 9.99. The lowest BCUT2D eigenvalue weighted by Gasteiger charge is -2.10. The Balaban J connectivity index is 1.66. The van der Waals surface area contributed by atoms with E-state index in [0.29, 0.717) is 43.0 Å². The molecule has 32 heavy (non-hydrogen) atoms. The first-order valence-electron chi connectivity index (χ1n) is 10.9. The van der Waals surface area contributed by atoms with Crippen LogP contribution >= 0.6 is 0 Å². The zero-order chi connectivity index (χ0) is 23.0. The first-order chi connectivity index (χ1) is 15.6. The summed E-state index contributed by atoms with van der Waals surface area (Å²) in [4.78, 5) is 24.5. The number of nitrogens with two attached hydrogens (primary N) is 1. The number of hydrogen-bond donors (Lipinski definition) is 3. The number of esters is 1. The number of carbonyl (C=O) groups excluding carboxylic acids is 1. The Bertz CT molecular complexity index is 804. The second-order valence-corrected chi connectivity index (χ2v) is 7.08. The fourth-order valence-corrected chi connectivity index (χ4v) is 2.73. The monoisotopic (exact) mass is 446 g/mol. The van der Waals surface area contributed by atoms with Crippen molar-refractivity contribution >= 4 is 23.6 Å². The summed E-state index contributed by atoms with van der Waals surface area (Å²) < 4.78 is 15.8. The molecule has 0 bridgehead atoms. The molecule has 1 heterocycles. The predicted molar refractivity (Wildman–Crippen MR) is 123 cm³/mol. The van der Waals surface area contributed by atoms with E-state index in [2.05, 4.69) is 25.6 Å². The average molecular weight is 447 g/mol. The molecule has 0 aliphatic heterocycles. The SMILES string of the molecule is COC(=O)c1ccc(Nc2nc(C)nc(NCCCOCCCCOCCCN)n2)cc1. The number of ether oxygens (including phenoxy) is 3. The Morgan fingerprint density at radius 2 is 1.53 bits per heavy atom. The number of hydrogen-bond acceptors (Lipinski definition) is 10. The molecule has 0 unspecified atom stereocenters. The molecule has 0 amide bonds. The fraction of sp³-hybridized carbons (Fsp3) is 0.545. The van der Waals surface area contributed by atoms with Crippen molar-refractivity contribution in [3.63, 3.8) is 0 Å². The molecule has 0 atom stereocenters. The van der Waals surface area contributed by atoms with E-state index < -0.39 is 0 Å². The average Bonchev–Trinajstić information content (AvgIpc) is 2.79. The molecule has 0 spiro atoms. The second kappa shape index (κ2) is 15.1. The van der Waals surface area contributed by atoms with Gasteiger partial charge >= 0.3 is 5.97 Å². The number of methoxy groups -OCH3 is 1. The number of anilines is 3.